The van der Waals surface area contributed by atoms with E-state index >= 15 is 0 Å². The van der Waals surface area contributed by atoms with Gasteiger partial charge in [-0.3, -0.25) is 0 Å². The van der Waals surface area contributed by atoms with E-state index in [1.807, 2.05) is 13.8 Å². The fourth-order valence-electron chi connectivity index (χ4n) is 1.32. The molecule has 76 valence electrons. The lowest BCUT2D eigenvalue weighted by Gasteiger charge is -1.95. The van der Waals surface area contributed by atoms with E-state index in [2.05, 4.69) is 30.3 Å². The van der Waals surface area contributed by atoms with Crippen LogP contribution in [0, 0.1) is 0 Å². The van der Waals surface area contributed by atoms with Gasteiger partial charge in [-0.1, -0.05) is 43.7 Å². The smallest absolute Gasteiger partial charge is 0.166 e. The molecule has 0 saturated carbocycles. The number of nitrogens with zero attached hydrogens (tertiary/aromatic N) is 1. The minimum atomic E-state index is 0.889. The van der Waals surface area contributed by atoms with Gasteiger partial charge in [-0.15, -0.1) is 0 Å². The highest BCUT2D eigenvalue weighted by Crippen LogP contribution is 2.21. The molecule has 0 atom stereocenters. The third kappa shape index (κ3) is 2.34. The summed E-state index contributed by atoms with van der Waals surface area (Å²) in [6, 6.07) is 0. The molecule has 0 aliphatic heterocycles. The minimum absolute atomic E-state index is 0.889. The van der Waals surface area contributed by atoms with Crippen molar-refractivity contribution >= 4 is 12.2 Å². The number of allylic oxidation sites excluding steroid dienone is 2. The van der Waals surface area contributed by atoms with Crippen molar-refractivity contribution in [2.45, 2.75) is 33.6 Å². The molecule has 1 aromatic heterocycles. The Balaban J connectivity index is 0.000000461. The van der Waals surface area contributed by atoms with E-state index in [-0.39, 0.29) is 0 Å². The third-order valence-electron chi connectivity index (χ3n) is 2.09. The van der Waals surface area contributed by atoms with Gasteiger partial charge in [-0.25, -0.2) is 0 Å². The first-order valence-electron chi connectivity index (χ1n) is 5.21. The fraction of sp³-hybridized carbons (Fsp3) is 0.417. The summed E-state index contributed by atoms with van der Waals surface area (Å²) in [6.45, 7) is 6.15. The van der Waals surface area contributed by atoms with Crippen LogP contribution in [-0.4, -0.2) is 5.16 Å². The first-order chi connectivity index (χ1) is 6.90. The maximum atomic E-state index is 5.09. The lowest BCUT2D eigenvalue weighted by Crippen LogP contribution is -1.76. The van der Waals surface area contributed by atoms with E-state index in [9.17, 15) is 0 Å². The van der Waals surface area contributed by atoms with Crippen LogP contribution in [0.1, 0.15) is 44.9 Å². The SMILES string of the molecule is CC.CCC1=Cc2oncc2C=CC1. The summed E-state index contributed by atoms with van der Waals surface area (Å²) in [5.74, 6) is 0.889. The van der Waals surface area contributed by atoms with Crippen LogP contribution >= 0.6 is 0 Å². The Morgan fingerprint density at radius 1 is 1.43 bits per heavy atom. The zero-order valence-electron chi connectivity index (χ0n) is 9.08. The van der Waals surface area contributed by atoms with Crippen molar-refractivity contribution in [1.29, 1.82) is 0 Å². The lowest BCUT2D eigenvalue weighted by molar-refractivity contribution is 0.412. The molecule has 1 heterocycles. The van der Waals surface area contributed by atoms with Gasteiger partial charge in [-0.05, 0) is 18.9 Å². The average Bonchev–Trinajstić information content (AvgIpc) is 2.59. The Bertz CT molecular complexity index is 334. The van der Waals surface area contributed by atoms with Gasteiger partial charge in [0.25, 0.3) is 0 Å². The molecule has 2 heteroatoms. The van der Waals surface area contributed by atoms with Gasteiger partial charge in [0.1, 0.15) is 0 Å². The summed E-state index contributed by atoms with van der Waals surface area (Å²) in [5, 5.41) is 3.74. The maximum Gasteiger partial charge on any atom is 0.166 e. The van der Waals surface area contributed by atoms with Crippen molar-refractivity contribution in [3.8, 4) is 0 Å². The topological polar surface area (TPSA) is 26.0 Å². The van der Waals surface area contributed by atoms with Crippen molar-refractivity contribution in [3.63, 3.8) is 0 Å². The van der Waals surface area contributed by atoms with Gasteiger partial charge in [0.2, 0.25) is 0 Å². The van der Waals surface area contributed by atoms with Gasteiger partial charge < -0.3 is 4.52 Å². The van der Waals surface area contributed by atoms with Gasteiger partial charge in [-0.2, -0.15) is 0 Å². The van der Waals surface area contributed by atoms with Crippen molar-refractivity contribution in [1.82, 2.24) is 5.16 Å². The molecule has 2 rings (SSSR count). The monoisotopic (exact) mass is 191 g/mol. The first kappa shape index (κ1) is 10.8. The second-order valence-electron chi connectivity index (χ2n) is 2.91. The molecule has 0 fully saturated rings. The highest BCUT2D eigenvalue weighted by atomic mass is 16.5. The fourth-order valence-corrected chi connectivity index (χ4v) is 1.32. The average molecular weight is 191 g/mol. The third-order valence-corrected chi connectivity index (χ3v) is 2.09. The van der Waals surface area contributed by atoms with Crippen molar-refractivity contribution in [2.24, 2.45) is 0 Å². The summed E-state index contributed by atoms with van der Waals surface area (Å²) in [5.41, 5.74) is 2.47. The Morgan fingerprint density at radius 3 is 2.93 bits per heavy atom. The van der Waals surface area contributed by atoms with Crippen LogP contribution in [0.4, 0.5) is 0 Å². The summed E-state index contributed by atoms with van der Waals surface area (Å²) >= 11 is 0. The van der Waals surface area contributed by atoms with Gasteiger partial charge in [0, 0.05) is 5.56 Å². The molecular formula is C12H17NO. The minimum Gasteiger partial charge on any atom is -0.356 e. The van der Waals surface area contributed by atoms with E-state index in [0.717, 1.165) is 24.2 Å². The molecule has 2 nitrogen and oxygen atoms in total. The number of hydrogen-bond acceptors (Lipinski definition) is 2. The molecule has 14 heavy (non-hydrogen) atoms. The summed E-state index contributed by atoms with van der Waals surface area (Å²) in [4.78, 5) is 0. The molecule has 1 aliphatic rings. The van der Waals surface area contributed by atoms with Gasteiger partial charge in [0.05, 0.1) is 6.20 Å². The zero-order chi connectivity index (χ0) is 10.4. The van der Waals surface area contributed by atoms with Crippen LogP contribution in [0.3, 0.4) is 0 Å². The van der Waals surface area contributed by atoms with Crippen LogP contribution in [0.25, 0.3) is 12.2 Å². The normalized spacial score (nSPS) is 13.5. The standard InChI is InChI=1S/C10H11NO.C2H6/c1-2-8-4-3-5-9-7-11-12-10(9)6-8;1-2/h3,5-7H,2,4H2,1H3;1-2H3. The summed E-state index contributed by atoms with van der Waals surface area (Å²) in [7, 11) is 0. The Morgan fingerprint density at radius 2 is 2.21 bits per heavy atom. The molecule has 1 aromatic rings. The molecule has 0 N–H and O–H groups in total. The number of aromatic nitrogens is 1. The predicted molar refractivity (Wildman–Crippen MR) is 59.8 cm³/mol. The molecule has 0 radical (unpaired) electrons. The summed E-state index contributed by atoms with van der Waals surface area (Å²) < 4.78 is 5.09. The largest absolute Gasteiger partial charge is 0.356 e. The highest BCUT2D eigenvalue weighted by molar-refractivity contribution is 5.64. The van der Waals surface area contributed by atoms with Gasteiger partial charge in [0.15, 0.2) is 5.76 Å². The number of hydrogen-bond donors (Lipinski definition) is 0. The van der Waals surface area contributed by atoms with Crippen molar-refractivity contribution in [3.05, 3.63) is 29.2 Å². The van der Waals surface area contributed by atoms with Crippen LogP contribution < -0.4 is 0 Å². The van der Waals surface area contributed by atoms with Crippen LogP contribution in [0.5, 0.6) is 0 Å². The van der Waals surface area contributed by atoms with Crippen molar-refractivity contribution in [2.75, 3.05) is 0 Å². The van der Waals surface area contributed by atoms with Crippen LogP contribution in [0.2, 0.25) is 0 Å². The molecule has 0 bridgehead atoms. The predicted octanol–water partition coefficient (Wildman–Crippen LogP) is 3.91. The maximum absolute atomic E-state index is 5.09. The summed E-state index contributed by atoms with van der Waals surface area (Å²) in [6.07, 6.45) is 10.2. The second kappa shape index (κ2) is 5.43. The molecule has 0 spiro atoms. The van der Waals surface area contributed by atoms with E-state index in [1.54, 1.807) is 6.20 Å². The Labute approximate surface area is 85.3 Å². The molecule has 0 aromatic carbocycles. The lowest BCUT2D eigenvalue weighted by atomic mass is 10.1. The molecule has 0 saturated heterocycles. The molecule has 0 amide bonds. The Kier molecular flexibility index (Phi) is 4.17. The van der Waals surface area contributed by atoms with E-state index in [0.29, 0.717) is 0 Å². The molecule has 0 unspecified atom stereocenters. The van der Waals surface area contributed by atoms with E-state index < -0.39 is 0 Å². The number of fused-ring (bicyclic) bond motifs is 1. The van der Waals surface area contributed by atoms with E-state index in [4.69, 9.17) is 4.52 Å². The van der Waals surface area contributed by atoms with Gasteiger partial charge >= 0.3 is 0 Å². The number of rotatable bonds is 1. The highest BCUT2D eigenvalue weighted by Gasteiger charge is 2.06. The van der Waals surface area contributed by atoms with Crippen molar-refractivity contribution < 1.29 is 4.52 Å². The molecular weight excluding hydrogens is 174 g/mol. The zero-order valence-corrected chi connectivity index (χ0v) is 9.08. The first-order valence-corrected chi connectivity index (χ1v) is 5.21. The van der Waals surface area contributed by atoms with Crippen LogP contribution in [0.15, 0.2) is 22.4 Å². The quantitative estimate of drug-likeness (QED) is 0.672. The molecule has 1 aliphatic carbocycles. The second-order valence-corrected chi connectivity index (χ2v) is 2.91. The van der Waals surface area contributed by atoms with Crippen LogP contribution in [-0.2, 0) is 0 Å². The Hall–Kier alpha value is -1.31. The van der Waals surface area contributed by atoms with E-state index in [1.165, 1.54) is 5.57 Å².